The van der Waals surface area contributed by atoms with Gasteiger partial charge in [0.15, 0.2) is 6.61 Å². The van der Waals surface area contributed by atoms with Crippen LogP contribution in [0.3, 0.4) is 0 Å². The minimum Gasteiger partial charge on any atom is -0.456 e. The average Bonchev–Trinajstić information content (AvgIpc) is 2.45. The van der Waals surface area contributed by atoms with Gasteiger partial charge in [-0.2, -0.15) is 0 Å². The van der Waals surface area contributed by atoms with Crippen molar-refractivity contribution in [3.05, 3.63) is 30.3 Å². The lowest BCUT2D eigenvalue weighted by Crippen LogP contribution is -2.28. The number of esters is 1. The van der Waals surface area contributed by atoms with E-state index in [9.17, 15) is 18.0 Å². The largest absolute Gasteiger partial charge is 0.456 e. The summed E-state index contributed by atoms with van der Waals surface area (Å²) in [4.78, 5) is 22.2. The van der Waals surface area contributed by atoms with Crippen LogP contribution in [0.25, 0.3) is 0 Å². The van der Waals surface area contributed by atoms with Crippen molar-refractivity contribution in [3.8, 4) is 0 Å². The van der Waals surface area contributed by atoms with Gasteiger partial charge in [-0.15, -0.1) is 0 Å². The van der Waals surface area contributed by atoms with Crippen molar-refractivity contribution in [2.45, 2.75) is 11.3 Å². The number of ether oxygens (including phenoxy) is 1. The number of hydrogen-bond donors (Lipinski definition) is 2. The van der Waals surface area contributed by atoms with Crippen molar-refractivity contribution >= 4 is 21.9 Å². The molecule has 110 valence electrons. The molecule has 0 aromatic heterocycles. The Kier molecular flexibility index (Phi) is 6.13. The Morgan fingerprint density at radius 1 is 1.20 bits per heavy atom. The molecule has 0 spiro atoms. The summed E-state index contributed by atoms with van der Waals surface area (Å²) in [6.07, 6.45) is -0.150. The molecule has 1 rings (SSSR count). The molecule has 7 nitrogen and oxygen atoms in total. The molecule has 0 saturated heterocycles. The Morgan fingerprint density at radius 3 is 2.45 bits per heavy atom. The highest BCUT2D eigenvalue weighted by molar-refractivity contribution is 7.89. The number of nitrogens with one attached hydrogen (secondary N) is 2. The number of likely N-dealkylation sites (N-methyl/N-ethyl adjacent to an activating group) is 1. The van der Waals surface area contributed by atoms with Crippen LogP contribution in [0.15, 0.2) is 35.2 Å². The minimum atomic E-state index is -3.63. The zero-order valence-corrected chi connectivity index (χ0v) is 11.8. The number of benzene rings is 1. The topological polar surface area (TPSA) is 102 Å². The maximum absolute atomic E-state index is 11.8. The predicted octanol–water partition coefficient (Wildman–Crippen LogP) is -0.356. The molecule has 0 atom stereocenters. The summed E-state index contributed by atoms with van der Waals surface area (Å²) in [6, 6.07) is 7.81. The van der Waals surface area contributed by atoms with E-state index in [2.05, 4.69) is 14.8 Å². The maximum atomic E-state index is 11.8. The highest BCUT2D eigenvalue weighted by Crippen LogP contribution is 2.06. The van der Waals surface area contributed by atoms with Gasteiger partial charge in [-0.25, -0.2) is 13.1 Å². The van der Waals surface area contributed by atoms with Gasteiger partial charge in [0, 0.05) is 13.6 Å². The van der Waals surface area contributed by atoms with Crippen molar-refractivity contribution in [1.82, 2.24) is 10.0 Å². The number of carbonyl (C=O) groups excluding carboxylic acids is 2. The van der Waals surface area contributed by atoms with Crippen molar-refractivity contribution in [2.75, 3.05) is 20.2 Å². The number of carbonyl (C=O) groups is 2. The van der Waals surface area contributed by atoms with E-state index in [1.165, 1.54) is 19.2 Å². The second-order valence-electron chi connectivity index (χ2n) is 3.79. The summed E-state index contributed by atoms with van der Waals surface area (Å²) >= 11 is 0. The van der Waals surface area contributed by atoms with Gasteiger partial charge in [0.25, 0.3) is 5.91 Å². The molecule has 0 heterocycles. The van der Waals surface area contributed by atoms with E-state index in [0.29, 0.717) is 0 Å². The third kappa shape index (κ3) is 5.37. The van der Waals surface area contributed by atoms with Crippen LogP contribution < -0.4 is 10.0 Å². The van der Waals surface area contributed by atoms with E-state index in [1.54, 1.807) is 18.2 Å². The van der Waals surface area contributed by atoms with Crippen molar-refractivity contribution < 1.29 is 22.7 Å². The fourth-order valence-electron chi connectivity index (χ4n) is 1.26. The van der Waals surface area contributed by atoms with Gasteiger partial charge < -0.3 is 10.1 Å². The van der Waals surface area contributed by atoms with Gasteiger partial charge in [0.1, 0.15) is 0 Å². The van der Waals surface area contributed by atoms with E-state index in [4.69, 9.17) is 0 Å². The highest BCUT2D eigenvalue weighted by Gasteiger charge is 2.14. The predicted molar refractivity (Wildman–Crippen MR) is 71.3 cm³/mol. The molecule has 1 aromatic carbocycles. The van der Waals surface area contributed by atoms with Crippen LogP contribution >= 0.6 is 0 Å². The first-order valence-electron chi connectivity index (χ1n) is 5.86. The SMILES string of the molecule is CNC(=O)COC(=O)CCNS(=O)(=O)c1ccccc1. The zero-order chi connectivity index (χ0) is 15.0. The van der Waals surface area contributed by atoms with E-state index < -0.39 is 21.9 Å². The molecule has 0 aliphatic rings. The van der Waals surface area contributed by atoms with E-state index in [0.717, 1.165) is 0 Å². The van der Waals surface area contributed by atoms with Gasteiger partial charge in [0.2, 0.25) is 10.0 Å². The Hall–Kier alpha value is -1.93. The zero-order valence-electron chi connectivity index (χ0n) is 11.0. The molecule has 0 radical (unpaired) electrons. The van der Waals surface area contributed by atoms with Gasteiger partial charge in [0.05, 0.1) is 11.3 Å². The van der Waals surface area contributed by atoms with Crippen LogP contribution in [-0.2, 0) is 24.3 Å². The molecule has 0 bridgehead atoms. The summed E-state index contributed by atoms with van der Waals surface area (Å²) < 4.78 is 30.5. The number of rotatable bonds is 7. The Morgan fingerprint density at radius 2 is 1.85 bits per heavy atom. The molecule has 8 heteroatoms. The van der Waals surface area contributed by atoms with Gasteiger partial charge in [-0.1, -0.05) is 18.2 Å². The third-order valence-corrected chi connectivity index (χ3v) is 3.79. The molecule has 0 fully saturated rings. The summed E-state index contributed by atoms with van der Waals surface area (Å²) in [6.45, 7) is -0.468. The van der Waals surface area contributed by atoms with Crippen molar-refractivity contribution in [2.24, 2.45) is 0 Å². The van der Waals surface area contributed by atoms with Crippen LogP contribution in [0.1, 0.15) is 6.42 Å². The van der Waals surface area contributed by atoms with Crippen molar-refractivity contribution in [1.29, 1.82) is 0 Å². The molecule has 20 heavy (non-hydrogen) atoms. The molecule has 2 N–H and O–H groups in total. The third-order valence-electron chi connectivity index (χ3n) is 2.32. The Bertz CT molecular complexity index is 556. The second-order valence-corrected chi connectivity index (χ2v) is 5.56. The lowest BCUT2D eigenvalue weighted by atomic mass is 10.4. The molecule has 0 saturated carbocycles. The summed E-state index contributed by atoms with van der Waals surface area (Å²) in [5.41, 5.74) is 0. The molecule has 0 aliphatic carbocycles. The van der Waals surface area contributed by atoms with Gasteiger partial charge in [-0.05, 0) is 12.1 Å². The van der Waals surface area contributed by atoms with Gasteiger partial charge in [-0.3, -0.25) is 9.59 Å². The van der Waals surface area contributed by atoms with Crippen LogP contribution in [-0.4, -0.2) is 40.5 Å². The minimum absolute atomic E-state index is 0.0934. The highest BCUT2D eigenvalue weighted by atomic mass is 32.2. The lowest BCUT2D eigenvalue weighted by Gasteiger charge is -2.06. The quantitative estimate of drug-likeness (QED) is 0.670. The fourth-order valence-corrected chi connectivity index (χ4v) is 2.31. The standard InChI is InChI=1S/C12H16N2O5S/c1-13-11(15)9-19-12(16)7-8-14-20(17,18)10-5-3-2-4-6-10/h2-6,14H,7-9H2,1H3,(H,13,15). The van der Waals surface area contributed by atoms with Crippen LogP contribution in [0, 0.1) is 0 Å². The lowest BCUT2D eigenvalue weighted by molar-refractivity contribution is -0.148. The van der Waals surface area contributed by atoms with Gasteiger partial charge >= 0.3 is 5.97 Å². The van der Waals surface area contributed by atoms with Crippen LogP contribution in [0.2, 0.25) is 0 Å². The summed E-state index contributed by atoms with van der Waals surface area (Å²) in [5, 5.41) is 2.29. The monoisotopic (exact) mass is 300 g/mol. The van der Waals surface area contributed by atoms with E-state index in [-0.39, 0.29) is 24.5 Å². The first-order chi connectivity index (χ1) is 9.45. The van der Waals surface area contributed by atoms with E-state index >= 15 is 0 Å². The Balaban J connectivity index is 2.37. The summed E-state index contributed by atoms with van der Waals surface area (Å²) in [7, 11) is -2.21. The van der Waals surface area contributed by atoms with Crippen molar-refractivity contribution in [3.63, 3.8) is 0 Å². The Labute approximate surface area is 117 Å². The molecule has 0 aliphatic heterocycles. The molecule has 1 amide bonds. The number of hydrogen-bond acceptors (Lipinski definition) is 5. The molecule has 1 aromatic rings. The molecular formula is C12H16N2O5S. The number of sulfonamides is 1. The number of amides is 1. The van der Waals surface area contributed by atoms with E-state index in [1.807, 2.05) is 0 Å². The normalized spacial score (nSPS) is 10.8. The first kappa shape index (κ1) is 16.1. The smallest absolute Gasteiger partial charge is 0.307 e. The fraction of sp³-hybridized carbons (Fsp3) is 0.333. The average molecular weight is 300 g/mol. The molecule has 0 unspecified atom stereocenters. The van der Waals surface area contributed by atoms with Crippen LogP contribution in [0.4, 0.5) is 0 Å². The first-order valence-corrected chi connectivity index (χ1v) is 7.35. The second kappa shape index (κ2) is 7.61. The summed E-state index contributed by atoms with van der Waals surface area (Å²) in [5.74, 6) is -1.08. The molecular weight excluding hydrogens is 284 g/mol. The van der Waals surface area contributed by atoms with Crippen LogP contribution in [0.5, 0.6) is 0 Å². The maximum Gasteiger partial charge on any atom is 0.307 e.